The third-order valence-electron chi connectivity index (χ3n) is 4.93. The zero-order chi connectivity index (χ0) is 20.8. The van der Waals surface area contributed by atoms with Crippen molar-refractivity contribution in [2.24, 2.45) is 0 Å². The van der Waals surface area contributed by atoms with Gasteiger partial charge in [-0.05, 0) is 24.1 Å². The summed E-state index contributed by atoms with van der Waals surface area (Å²) in [5, 5.41) is 1.93. The maximum absolute atomic E-state index is 11.6. The summed E-state index contributed by atoms with van der Waals surface area (Å²) in [4.78, 5) is 11.6. The Morgan fingerprint density at radius 3 is 2.00 bits per heavy atom. The summed E-state index contributed by atoms with van der Waals surface area (Å²) < 4.78 is 12.2. The number of rotatable bonds is 8. The van der Waals surface area contributed by atoms with E-state index >= 15 is 0 Å². The van der Waals surface area contributed by atoms with Gasteiger partial charge in [0.05, 0.1) is 0 Å². The van der Waals surface area contributed by atoms with E-state index in [1.54, 1.807) is 0 Å². The van der Waals surface area contributed by atoms with Gasteiger partial charge in [0.2, 0.25) is 0 Å². The predicted molar refractivity (Wildman–Crippen MR) is 120 cm³/mol. The van der Waals surface area contributed by atoms with Gasteiger partial charge in [0.1, 0.15) is 24.7 Å². The van der Waals surface area contributed by atoms with Crippen LogP contribution in [0.5, 0.6) is 11.5 Å². The van der Waals surface area contributed by atoms with Gasteiger partial charge in [0, 0.05) is 22.8 Å². The van der Waals surface area contributed by atoms with Crippen LogP contribution in [-0.4, -0.2) is 12.4 Å². The van der Waals surface area contributed by atoms with Crippen LogP contribution in [-0.2, 0) is 17.8 Å². The van der Waals surface area contributed by atoms with Crippen LogP contribution in [0, 0.1) is 0 Å². The van der Waals surface area contributed by atoms with Gasteiger partial charge in [0.25, 0.3) is 0 Å². The highest BCUT2D eigenvalue weighted by Gasteiger charge is 2.15. The molecule has 0 aliphatic heterocycles. The second-order valence-electron chi connectivity index (χ2n) is 7.34. The Morgan fingerprint density at radius 2 is 1.33 bits per heavy atom. The Balaban J connectivity index is 1.76. The lowest BCUT2D eigenvalue weighted by molar-refractivity contribution is -0.118. The maximum Gasteiger partial charge on any atom is 0.167 e. The molecular formula is C27H24O3. The number of ether oxygens (including phenoxy) is 2. The highest BCUT2D eigenvalue weighted by Crippen LogP contribution is 2.38. The van der Waals surface area contributed by atoms with Gasteiger partial charge in [-0.2, -0.15) is 0 Å². The molecule has 0 fully saturated rings. The average Bonchev–Trinajstić information content (AvgIpc) is 2.78. The summed E-state index contributed by atoms with van der Waals surface area (Å²) in [5.41, 5.74) is 3.29. The molecule has 0 N–H and O–H groups in total. The number of hydrogen-bond acceptors (Lipinski definition) is 3. The molecule has 4 aromatic carbocycles. The fourth-order valence-electron chi connectivity index (χ4n) is 3.52. The summed E-state index contributed by atoms with van der Waals surface area (Å²) in [6.45, 7) is 2.08. The largest absolute Gasteiger partial charge is 0.488 e. The second kappa shape index (κ2) is 9.27. The van der Waals surface area contributed by atoms with Crippen molar-refractivity contribution in [3.8, 4) is 11.5 Å². The smallest absolute Gasteiger partial charge is 0.167 e. The minimum absolute atomic E-state index is 0.00542. The van der Waals surface area contributed by atoms with Crippen LogP contribution in [0.3, 0.4) is 0 Å². The van der Waals surface area contributed by atoms with E-state index < -0.39 is 0 Å². The van der Waals surface area contributed by atoms with Crippen LogP contribution in [0.1, 0.15) is 23.6 Å². The molecule has 4 rings (SSSR count). The zero-order valence-corrected chi connectivity index (χ0v) is 17.0. The number of hydrogen-bond donors (Lipinski definition) is 0. The molecule has 0 spiro atoms. The molecule has 0 atom stereocenters. The van der Waals surface area contributed by atoms with E-state index in [0.717, 1.165) is 33.4 Å². The monoisotopic (exact) mass is 396 g/mol. The van der Waals surface area contributed by atoms with Crippen molar-refractivity contribution in [3.05, 3.63) is 108 Å². The van der Waals surface area contributed by atoms with Crippen molar-refractivity contribution < 1.29 is 14.3 Å². The first-order valence-corrected chi connectivity index (χ1v) is 10.1. The molecule has 0 aliphatic rings. The lowest BCUT2D eigenvalue weighted by Gasteiger charge is -2.18. The predicted octanol–water partition coefficient (Wildman–Crippen LogP) is 5.98. The van der Waals surface area contributed by atoms with Gasteiger partial charge in [0.15, 0.2) is 5.78 Å². The molecule has 0 saturated heterocycles. The van der Waals surface area contributed by atoms with Crippen LogP contribution in [0.4, 0.5) is 0 Å². The molecule has 4 aromatic rings. The second-order valence-corrected chi connectivity index (χ2v) is 7.34. The first-order valence-electron chi connectivity index (χ1n) is 10.1. The fraction of sp³-hybridized carbons (Fsp3) is 0.148. The maximum atomic E-state index is 11.6. The molecule has 3 heteroatoms. The summed E-state index contributed by atoms with van der Waals surface area (Å²) in [7, 11) is 0. The average molecular weight is 396 g/mol. The normalized spacial score (nSPS) is 10.7. The summed E-state index contributed by atoms with van der Waals surface area (Å²) >= 11 is 0. The van der Waals surface area contributed by atoms with E-state index in [2.05, 4.69) is 24.3 Å². The van der Waals surface area contributed by atoms with E-state index in [1.165, 1.54) is 12.5 Å². The molecule has 0 bridgehead atoms. The SMILES string of the molecule is CC(=O)COc1c(Cc2ccccc2)cc(OCc2ccccc2)c2ccccc12. The van der Waals surface area contributed by atoms with E-state index in [9.17, 15) is 4.79 Å². The van der Waals surface area contributed by atoms with Crippen LogP contribution < -0.4 is 9.47 Å². The molecule has 0 radical (unpaired) electrons. The minimum Gasteiger partial charge on any atom is -0.488 e. The Kier molecular flexibility index (Phi) is 6.09. The zero-order valence-electron chi connectivity index (χ0n) is 17.0. The van der Waals surface area contributed by atoms with Crippen LogP contribution in [0.2, 0.25) is 0 Å². The van der Waals surface area contributed by atoms with E-state index in [1.807, 2.05) is 66.7 Å². The molecule has 0 heterocycles. The molecule has 0 unspecified atom stereocenters. The van der Waals surface area contributed by atoms with Crippen molar-refractivity contribution in [2.75, 3.05) is 6.61 Å². The van der Waals surface area contributed by atoms with Crippen molar-refractivity contribution >= 4 is 16.6 Å². The molecule has 0 saturated carbocycles. The van der Waals surface area contributed by atoms with Crippen LogP contribution >= 0.6 is 0 Å². The van der Waals surface area contributed by atoms with Crippen molar-refractivity contribution in [3.63, 3.8) is 0 Å². The molecule has 0 aromatic heterocycles. The third kappa shape index (κ3) is 4.69. The number of carbonyl (C=O) groups excluding carboxylic acids is 1. The van der Waals surface area contributed by atoms with Gasteiger partial charge in [-0.15, -0.1) is 0 Å². The number of ketones is 1. The first-order chi connectivity index (χ1) is 14.7. The summed E-state index contributed by atoms with van der Waals surface area (Å²) in [5.74, 6) is 1.56. The Labute approximate surface area is 176 Å². The number of fused-ring (bicyclic) bond motifs is 1. The molecule has 0 amide bonds. The lowest BCUT2D eigenvalue weighted by atomic mass is 9.98. The molecule has 3 nitrogen and oxygen atoms in total. The van der Waals surface area contributed by atoms with Gasteiger partial charge in [-0.25, -0.2) is 0 Å². The van der Waals surface area contributed by atoms with Gasteiger partial charge >= 0.3 is 0 Å². The fourth-order valence-corrected chi connectivity index (χ4v) is 3.52. The van der Waals surface area contributed by atoms with Gasteiger partial charge in [-0.1, -0.05) is 84.9 Å². The molecular weight excluding hydrogens is 372 g/mol. The topological polar surface area (TPSA) is 35.5 Å². The molecule has 30 heavy (non-hydrogen) atoms. The highest BCUT2D eigenvalue weighted by atomic mass is 16.5. The standard InChI is InChI=1S/C27H24O3/c1-20(28)18-30-27-23(16-21-10-4-2-5-11-21)17-26(24-14-8-9-15-25(24)27)29-19-22-12-6-3-7-13-22/h2-15,17H,16,18-19H2,1H3. The van der Waals surface area contributed by atoms with E-state index in [0.29, 0.717) is 13.0 Å². The van der Waals surface area contributed by atoms with Crippen molar-refractivity contribution in [2.45, 2.75) is 20.0 Å². The Bertz CT molecular complexity index is 1130. The number of benzene rings is 4. The highest BCUT2D eigenvalue weighted by molar-refractivity contribution is 5.95. The molecule has 150 valence electrons. The van der Waals surface area contributed by atoms with Crippen molar-refractivity contribution in [1.29, 1.82) is 0 Å². The van der Waals surface area contributed by atoms with Gasteiger partial charge in [-0.3, -0.25) is 4.79 Å². The Morgan fingerprint density at radius 1 is 0.733 bits per heavy atom. The lowest BCUT2D eigenvalue weighted by Crippen LogP contribution is -2.09. The van der Waals surface area contributed by atoms with E-state index in [-0.39, 0.29) is 12.4 Å². The third-order valence-corrected chi connectivity index (χ3v) is 4.93. The number of carbonyl (C=O) groups is 1. The van der Waals surface area contributed by atoms with Gasteiger partial charge < -0.3 is 9.47 Å². The number of Topliss-reactive ketones (excluding diaryl/α,β-unsaturated/α-hetero) is 1. The quantitative estimate of drug-likeness (QED) is 0.368. The van der Waals surface area contributed by atoms with Crippen LogP contribution in [0.15, 0.2) is 91.0 Å². The van der Waals surface area contributed by atoms with Crippen molar-refractivity contribution in [1.82, 2.24) is 0 Å². The minimum atomic E-state index is -0.00542. The Hall–Kier alpha value is -3.59. The first kappa shape index (κ1) is 19.7. The molecule has 0 aliphatic carbocycles. The van der Waals surface area contributed by atoms with E-state index in [4.69, 9.17) is 9.47 Å². The van der Waals surface area contributed by atoms with Crippen LogP contribution in [0.25, 0.3) is 10.8 Å². The summed E-state index contributed by atoms with van der Waals surface area (Å²) in [6, 6.07) is 30.4. The summed E-state index contributed by atoms with van der Waals surface area (Å²) in [6.07, 6.45) is 0.695.